The maximum Gasteiger partial charge on any atom is 0.338 e. The third-order valence-electron chi connectivity index (χ3n) is 3.96. The highest BCUT2D eigenvalue weighted by Gasteiger charge is 2.23. The number of carbonyl (C=O) groups excluding carboxylic acids is 2. The Morgan fingerprint density at radius 2 is 1.77 bits per heavy atom. The zero-order valence-electron chi connectivity index (χ0n) is 14.2. The van der Waals surface area contributed by atoms with Crippen LogP contribution in [0.4, 0.5) is 0 Å². The van der Waals surface area contributed by atoms with Crippen molar-refractivity contribution >= 4 is 40.0 Å². The van der Waals surface area contributed by atoms with E-state index in [1.807, 2.05) is 36.4 Å². The van der Waals surface area contributed by atoms with Gasteiger partial charge in [0.25, 0.3) is 0 Å². The van der Waals surface area contributed by atoms with Crippen LogP contribution in [0.25, 0.3) is 27.7 Å². The minimum atomic E-state index is -0.652. The summed E-state index contributed by atoms with van der Waals surface area (Å²) in [7, 11) is 2.51. The van der Waals surface area contributed by atoms with Gasteiger partial charge in [-0.2, -0.15) is 0 Å². The normalized spacial score (nSPS) is 11.4. The van der Waals surface area contributed by atoms with Gasteiger partial charge in [0.2, 0.25) is 0 Å². The molecule has 0 bridgehead atoms. The molecule has 0 atom stereocenters. The lowest BCUT2D eigenvalue weighted by atomic mass is 9.98. The number of aromatic amines is 1. The Labute approximate surface area is 155 Å². The van der Waals surface area contributed by atoms with Gasteiger partial charge in [0.1, 0.15) is 0 Å². The second-order valence-electron chi connectivity index (χ2n) is 5.50. The van der Waals surface area contributed by atoms with Crippen molar-refractivity contribution in [2.24, 2.45) is 0 Å². The molecule has 0 fully saturated rings. The lowest BCUT2D eigenvalue weighted by Gasteiger charge is -2.09. The van der Waals surface area contributed by atoms with E-state index < -0.39 is 11.9 Å². The smallest absolute Gasteiger partial charge is 0.338 e. The zero-order chi connectivity index (χ0) is 18.7. The van der Waals surface area contributed by atoms with Crippen molar-refractivity contribution in [2.45, 2.75) is 0 Å². The van der Waals surface area contributed by atoms with Crippen LogP contribution in [0.2, 0.25) is 5.02 Å². The third kappa shape index (κ3) is 3.34. The van der Waals surface area contributed by atoms with Crippen molar-refractivity contribution in [3.05, 3.63) is 65.2 Å². The van der Waals surface area contributed by atoms with E-state index in [0.29, 0.717) is 21.7 Å². The van der Waals surface area contributed by atoms with Crippen LogP contribution in [0.15, 0.2) is 54.6 Å². The summed E-state index contributed by atoms with van der Waals surface area (Å²) >= 11 is 6.16. The maximum atomic E-state index is 12.4. The van der Waals surface area contributed by atoms with E-state index in [2.05, 4.69) is 4.98 Å². The number of aromatic nitrogens is 1. The van der Waals surface area contributed by atoms with Gasteiger partial charge in [-0.05, 0) is 23.8 Å². The number of fused-ring (bicyclic) bond motifs is 1. The van der Waals surface area contributed by atoms with E-state index in [9.17, 15) is 9.59 Å². The SMILES string of the molecule is COC(=O)/C=C(\C(=O)OC)c1c(-c2ccccc2)[nH]c2ccc(Cl)cc12. The summed E-state index contributed by atoms with van der Waals surface area (Å²) in [5, 5.41) is 1.22. The number of ether oxygens (including phenoxy) is 2. The Morgan fingerprint density at radius 1 is 1.04 bits per heavy atom. The van der Waals surface area contributed by atoms with E-state index >= 15 is 0 Å². The molecule has 0 saturated carbocycles. The predicted octanol–water partition coefficient (Wildman–Crippen LogP) is 4.22. The average Bonchev–Trinajstić information content (AvgIpc) is 3.04. The van der Waals surface area contributed by atoms with Crippen LogP contribution in [0, 0.1) is 0 Å². The predicted molar refractivity (Wildman–Crippen MR) is 101 cm³/mol. The van der Waals surface area contributed by atoms with Crippen LogP contribution in [-0.4, -0.2) is 31.1 Å². The summed E-state index contributed by atoms with van der Waals surface area (Å²) in [5.74, 6) is -1.30. The Morgan fingerprint density at radius 3 is 2.42 bits per heavy atom. The fourth-order valence-electron chi connectivity index (χ4n) is 2.79. The van der Waals surface area contributed by atoms with Gasteiger partial charge in [-0.3, -0.25) is 0 Å². The Kier molecular flexibility index (Phi) is 5.09. The first-order chi connectivity index (χ1) is 12.5. The quantitative estimate of drug-likeness (QED) is 0.552. The molecular formula is C20H16ClNO4. The summed E-state index contributed by atoms with van der Waals surface area (Å²) in [5.41, 5.74) is 2.94. The number of nitrogens with one attached hydrogen (secondary N) is 1. The topological polar surface area (TPSA) is 68.4 Å². The summed E-state index contributed by atoms with van der Waals surface area (Å²) in [6, 6.07) is 14.8. The first-order valence-electron chi connectivity index (χ1n) is 7.80. The number of methoxy groups -OCH3 is 2. The second-order valence-corrected chi connectivity index (χ2v) is 5.94. The van der Waals surface area contributed by atoms with Crippen molar-refractivity contribution in [1.82, 2.24) is 4.98 Å². The molecule has 0 spiro atoms. The highest BCUT2D eigenvalue weighted by Crippen LogP contribution is 2.37. The molecule has 0 saturated heterocycles. The van der Waals surface area contributed by atoms with Crippen molar-refractivity contribution in [3.8, 4) is 11.3 Å². The summed E-state index contributed by atoms with van der Waals surface area (Å²) < 4.78 is 9.59. The molecule has 3 rings (SSSR count). The number of carbonyl (C=O) groups is 2. The van der Waals surface area contributed by atoms with E-state index in [1.54, 1.807) is 12.1 Å². The van der Waals surface area contributed by atoms with Gasteiger partial charge < -0.3 is 14.5 Å². The monoisotopic (exact) mass is 369 g/mol. The fourth-order valence-corrected chi connectivity index (χ4v) is 2.96. The standard InChI is InChI=1S/C20H16ClNO4/c1-25-17(23)11-15(20(24)26-2)18-14-10-13(21)8-9-16(14)22-19(18)12-6-4-3-5-7-12/h3-11,22H,1-2H3/b15-11-. The van der Waals surface area contributed by atoms with E-state index in [0.717, 1.165) is 17.2 Å². The molecule has 1 aromatic heterocycles. The van der Waals surface area contributed by atoms with E-state index in [1.165, 1.54) is 14.2 Å². The molecule has 0 amide bonds. The second kappa shape index (κ2) is 7.45. The van der Waals surface area contributed by atoms with Crippen LogP contribution in [0.5, 0.6) is 0 Å². The molecule has 0 radical (unpaired) electrons. The molecule has 0 unspecified atom stereocenters. The van der Waals surface area contributed by atoms with E-state index in [4.69, 9.17) is 21.1 Å². The molecule has 5 nitrogen and oxygen atoms in total. The fraction of sp³-hybridized carbons (Fsp3) is 0.100. The molecule has 0 aliphatic rings. The highest BCUT2D eigenvalue weighted by atomic mass is 35.5. The molecule has 0 aliphatic heterocycles. The molecule has 3 aromatic rings. The minimum Gasteiger partial charge on any atom is -0.466 e. The molecule has 1 heterocycles. The van der Waals surface area contributed by atoms with Crippen molar-refractivity contribution < 1.29 is 19.1 Å². The van der Waals surface area contributed by atoms with Gasteiger partial charge in [-0.15, -0.1) is 0 Å². The molecule has 26 heavy (non-hydrogen) atoms. The van der Waals surface area contributed by atoms with Gasteiger partial charge in [0.15, 0.2) is 0 Å². The van der Waals surface area contributed by atoms with Gasteiger partial charge in [0.05, 0.1) is 25.5 Å². The van der Waals surface area contributed by atoms with Crippen LogP contribution in [-0.2, 0) is 19.1 Å². The van der Waals surface area contributed by atoms with Gasteiger partial charge >= 0.3 is 11.9 Å². The van der Waals surface area contributed by atoms with Crippen molar-refractivity contribution in [2.75, 3.05) is 14.2 Å². The molecule has 2 aromatic carbocycles. The Bertz CT molecular complexity index is 1010. The molecule has 132 valence electrons. The van der Waals surface area contributed by atoms with Crippen LogP contribution >= 0.6 is 11.6 Å². The van der Waals surface area contributed by atoms with Gasteiger partial charge in [-0.1, -0.05) is 41.9 Å². The van der Waals surface area contributed by atoms with Gasteiger partial charge in [-0.25, -0.2) is 9.59 Å². The van der Waals surface area contributed by atoms with Crippen molar-refractivity contribution in [3.63, 3.8) is 0 Å². The Hall–Kier alpha value is -3.05. The van der Waals surface area contributed by atoms with Crippen LogP contribution < -0.4 is 0 Å². The lowest BCUT2D eigenvalue weighted by molar-refractivity contribution is -0.136. The third-order valence-corrected chi connectivity index (χ3v) is 4.20. The number of benzene rings is 2. The maximum absolute atomic E-state index is 12.4. The zero-order valence-corrected chi connectivity index (χ0v) is 15.0. The number of rotatable bonds is 4. The number of halogens is 1. The summed E-state index contributed by atoms with van der Waals surface area (Å²) in [6.45, 7) is 0. The first-order valence-corrected chi connectivity index (χ1v) is 8.18. The molecule has 0 aliphatic carbocycles. The van der Waals surface area contributed by atoms with Crippen LogP contribution in [0.3, 0.4) is 0 Å². The number of hydrogen-bond acceptors (Lipinski definition) is 4. The summed E-state index contributed by atoms with van der Waals surface area (Å²) in [6.07, 6.45) is 1.13. The number of esters is 2. The number of hydrogen-bond donors (Lipinski definition) is 1. The largest absolute Gasteiger partial charge is 0.466 e. The lowest BCUT2D eigenvalue weighted by Crippen LogP contribution is -2.08. The highest BCUT2D eigenvalue weighted by molar-refractivity contribution is 6.32. The van der Waals surface area contributed by atoms with Crippen LogP contribution in [0.1, 0.15) is 5.56 Å². The van der Waals surface area contributed by atoms with E-state index in [-0.39, 0.29) is 5.57 Å². The van der Waals surface area contributed by atoms with Crippen molar-refractivity contribution in [1.29, 1.82) is 0 Å². The summed E-state index contributed by atoms with van der Waals surface area (Å²) in [4.78, 5) is 27.6. The van der Waals surface area contributed by atoms with Gasteiger partial charge in [0, 0.05) is 27.6 Å². The Balaban J connectivity index is 2.37. The molecular weight excluding hydrogens is 354 g/mol. The minimum absolute atomic E-state index is 0.0896. The first kappa shape index (κ1) is 17.8. The molecule has 1 N–H and O–H groups in total. The average molecular weight is 370 g/mol. The number of H-pyrrole nitrogens is 1. The molecule has 6 heteroatoms.